The maximum absolute atomic E-state index is 14.1. The minimum absolute atomic E-state index is 0.0896. The van der Waals surface area contributed by atoms with Crippen molar-refractivity contribution in [3.8, 4) is 0 Å². The van der Waals surface area contributed by atoms with Crippen LogP contribution in [-0.2, 0) is 11.3 Å². The van der Waals surface area contributed by atoms with Crippen LogP contribution in [0.5, 0.6) is 0 Å². The molecule has 1 unspecified atom stereocenters. The Morgan fingerprint density at radius 1 is 1.12 bits per heavy atom. The number of halogens is 1. The van der Waals surface area contributed by atoms with E-state index >= 15 is 0 Å². The van der Waals surface area contributed by atoms with Crippen LogP contribution in [0, 0.1) is 5.82 Å². The number of aromatic nitrogens is 2. The number of benzene rings is 2. The number of carbonyl (C=O) groups excluding carboxylic acids is 1. The Morgan fingerprint density at radius 2 is 1.88 bits per heavy atom. The maximum Gasteiger partial charge on any atom is 0.230 e. The summed E-state index contributed by atoms with van der Waals surface area (Å²) in [6.45, 7) is 11.8. The monoisotopic (exact) mass is 469 g/mol. The van der Waals surface area contributed by atoms with Crippen molar-refractivity contribution in [2.24, 2.45) is 0 Å². The summed E-state index contributed by atoms with van der Waals surface area (Å²) in [6.07, 6.45) is 0. The van der Waals surface area contributed by atoms with Gasteiger partial charge in [-0.25, -0.2) is 9.37 Å². The van der Waals surface area contributed by atoms with Gasteiger partial charge in [-0.2, -0.15) is 0 Å². The topological polar surface area (TPSA) is 53.4 Å². The average Bonchev–Trinajstić information content (AvgIpc) is 3.20. The zero-order valence-electron chi connectivity index (χ0n) is 19.6. The Labute approximate surface area is 199 Å². The molecule has 0 aliphatic carbocycles. The molecule has 1 atom stereocenters. The Hall–Kier alpha value is -2.58. The van der Waals surface area contributed by atoms with Crippen LogP contribution in [0.15, 0.2) is 47.6 Å². The first-order valence-electron chi connectivity index (χ1n) is 11.6. The van der Waals surface area contributed by atoms with Crippen LogP contribution >= 0.6 is 11.8 Å². The van der Waals surface area contributed by atoms with E-state index in [1.165, 1.54) is 17.8 Å². The van der Waals surface area contributed by atoms with E-state index in [4.69, 9.17) is 0 Å². The van der Waals surface area contributed by atoms with Crippen molar-refractivity contribution in [1.82, 2.24) is 19.8 Å². The second-order valence-electron chi connectivity index (χ2n) is 8.33. The van der Waals surface area contributed by atoms with E-state index in [1.807, 2.05) is 37.3 Å². The second kappa shape index (κ2) is 10.6. The summed E-state index contributed by atoms with van der Waals surface area (Å²) in [6, 6.07) is 12.6. The van der Waals surface area contributed by atoms with Crippen molar-refractivity contribution in [2.45, 2.75) is 38.5 Å². The van der Waals surface area contributed by atoms with E-state index in [1.54, 1.807) is 6.07 Å². The predicted octanol–water partition coefficient (Wildman–Crippen LogP) is 4.31. The minimum Gasteiger partial charge on any atom is -0.369 e. The lowest BCUT2D eigenvalue weighted by Gasteiger charge is -2.37. The van der Waals surface area contributed by atoms with Gasteiger partial charge in [0.05, 0.1) is 22.8 Å². The van der Waals surface area contributed by atoms with E-state index in [0.717, 1.165) is 66.7 Å². The van der Waals surface area contributed by atoms with Crippen molar-refractivity contribution in [3.05, 3.63) is 53.8 Å². The molecule has 33 heavy (non-hydrogen) atoms. The van der Waals surface area contributed by atoms with Crippen LogP contribution < -0.4 is 10.2 Å². The number of hydrogen-bond donors (Lipinski definition) is 1. The number of rotatable bonds is 8. The number of imidazole rings is 1. The SMILES string of the molecule is CCN1CCN(c2ccc(F)cc2C(C)NC(=O)CSc2nc3ccccc3n2CC)CC1. The van der Waals surface area contributed by atoms with Crippen molar-refractivity contribution in [1.29, 1.82) is 0 Å². The predicted molar refractivity (Wildman–Crippen MR) is 133 cm³/mol. The van der Waals surface area contributed by atoms with Crippen LogP contribution in [0.4, 0.5) is 10.1 Å². The van der Waals surface area contributed by atoms with Crippen molar-refractivity contribution in [2.75, 3.05) is 43.4 Å². The number of hydrogen-bond acceptors (Lipinski definition) is 5. The van der Waals surface area contributed by atoms with Crippen molar-refractivity contribution < 1.29 is 9.18 Å². The third-order valence-electron chi connectivity index (χ3n) is 6.26. The number of para-hydroxylation sites is 2. The molecule has 1 fully saturated rings. The molecule has 2 heterocycles. The minimum atomic E-state index is -0.294. The third-order valence-corrected chi connectivity index (χ3v) is 7.24. The van der Waals surface area contributed by atoms with Gasteiger partial charge < -0.3 is 19.7 Å². The first-order chi connectivity index (χ1) is 16.0. The molecule has 6 nitrogen and oxygen atoms in total. The van der Waals surface area contributed by atoms with Crippen LogP contribution in [-0.4, -0.2) is 58.8 Å². The number of amides is 1. The number of likely N-dealkylation sites (N-methyl/N-ethyl adjacent to an activating group) is 1. The summed E-state index contributed by atoms with van der Waals surface area (Å²) in [5.41, 5.74) is 3.83. The van der Waals surface area contributed by atoms with E-state index in [-0.39, 0.29) is 23.5 Å². The number of fused-ring (bicyclic) bond motifs is 1. The first-order valence-corrected chi connectivity index (χ1v) is 12.6. The second-order valence-corrected chi connectivity index (χ2v) is 9.27. The van der Waals surface area contributed by atoms with Gasteiger partial charge in [-0.05, 0) is 50.7 Å². The highest BCUT2D eigenvalue weighted by Crippen LogP contribution is 2.29. The largest absolute Gasteiger partial charge is 0.369 e. The molecular weight excluding hydrogens is 437 g/mol. The van der Waals surface area contributed by atoms with Gasteiger partial charge in [-0.15, -0.1) is 0 Å². The third kappa shape index (κ3) is 5.33. The Bertz CT molecular complexity index is 1110. The quantitative estimate of drug-likeness (QED) is 0.499. The summed E-state index contributed by atoms with van der Waals surface area (Å²) in [5, 5.41) is 3.90. The number of aryl methyl sites for hydroxylation is 1. The van der Waals surface area contributed by atoms with Crippen molar-refractivity contribution >= 4 is 34.4 Å². The number of nitrogens with zero attached hydrogens (tertiary/aromatic N) is 4. The van der Waals surface area contributed by atoms with Crippen LogP contribution in [0.25, 0.3) is 11.0 Å². The van der Waals surface area contributed by atoms with Gasteiger partial charge in [-0.3, -0.25) is 4.79 Å². The Kier molecular flexibility index (Phi) is 7.55. The summed E-state index contributed by atoms with van der Waals surface area (Å²) >= 11 is 1.43. The lowest BCUT2D eigenvalue weighted by atomic mass is 10.0. The average molecular weight is 470 g/mol. The maximum atomic E-state index is 14.1. The van der Waals surface area contributed by atoms with Gasteiger partial charge in [0.2, 0.25) is 5.91 Å². The molecule has 1 N–H and O–H groups in total. The van der Waals surface area contributed by atoms with Gasteiger partial charge in [0, 0.05) is 44.0 Å². The molecule has 0 saturated carbocycles. The Morgan fingerprint density at radius 3 is 2.61 bits per heavy atom. The van der Waals surface area contributed by atoms with Gasteiger partial charge in [0.25, 0.3) is 0 Å². The van der Waals surface area contributed by atoms with Gasteiger partial charge >= 0.3 is 0 Å². The highest BCUT2D eigenvalue weighted by molar-refractivity contribution is 7.99. The van der Waals surface area contributed by atoms with E-state index in [0.29, 0.717) is 0 Å². The molecular formula is C25H32FN5OS. The summed E-state index contributed by atoms with van der Waals surface area (Å²) in [5.74, 6) is -0.116. The molecule has 1 aromatic heterocycles. The zero-order chi connectivity index (χ0) is 23.4. The number of anilines is 1. The molecule has 4 rings (SSSR count). The lowest BCUT2D eigenvalue weighted by molar-refractivity contribution is -0.119. The van der Waals surface area contributed by atoms with E-state index < -0.39 is 0 Å². The number of nitrogens with one attached hydrogen (secondary N) is 1. The summed E-state index contributed by atoms with van der Waals surface area (Å²) in [7, 11) is 0. The van der Waals surface area contributed by atoms with Crippen LogP contribution in [0.1, 0.15) is 32.4 Å². The lowest BCUT2D eigenvalue weighted by Crippen LogP contribution is -2.46. The standard InChI is InChI=1S/C25H32FN5OS/c1-4-29-12-14-30(15-13-29)22-11-10-19(26)16-20(22)18(3)27-24(32)17-33-25-28-21-8-6-7-9-23(21)31(25)5-2/h6-11,16,18H,4-5,12-15,17H2,1-3H3,(H,27,32). The van der Waals surface area contributed by atoms with E-state index in [2.05, 4.69) is 38.5 Å². The highest BCUT2D eigenvalue weighted by atomic mass is 32.2. The Balaban J connectivity index is 1.43. The van der Waals surface area contributed by atoms with Crippen molar-refractivity contribution in [3.63, 3.8) is 0 Å². The molecule has 8 heteroatoms. The molecule has 3 aromatic rings. The van der Waals surface area contributed by atoms with Crippen LogP contribution in [0.2, 0.25) is 0 Å². The zero-order valence-corrected chi connectivity index (χ0v) is 20.4. The normalized spacial score (nSPS) is 15.7. The molecule has 0 radical (unpaired) electrons. The fourth-order valence-electron chi connectivity index (χ4n) is 4.43. The summed E-state index contributed by atoms with van der Waals surface area (Å²) in [4.78, 5) is 22.2. The van der Waals surface area contributed by atoms with Gasteiger partial charge in [0.1, 0.15) is 5.82 Å². The molecule has 2 aromatic carbocycles. The van der Waals surface area contributed by atoms with Gasteiger partial charge in [0.15, 0.2) is 5.16 Å². The molecule has 1 aliphatic rings. The van der Waals surface area contributed by atoms with Gasteiger partial charge in [-0.1, -0.05) is 30.8 Å². The molecule has 176 valence electrons. The summed E-state index contributed by atoms with van der Waals surface area (Å²) < 4.78 is 16.3. The molecule has 1 saturated heterocycles. The van der Waals surface area contributed by atoms with Crippen LogP contribution in [0.3, 0.4) is 0 Å². The molecule has 0 spiro atoms. The van der Waals surface area contributed by atoms with E-state index in [9.17, 15) is 9.18 Å². The fraction of sp³-hybridized carbons (Fsp3) is 0.440. The number of thioether (sulfide) groups is 1. The first kappa shape index (κ1) is 23.6. The molecule has 1 amide bonds. The fourth-order valence-corrected chi connectivity index (χ4v) is 5.32. The number of carbonyl (C=O) groups is 1. The number of piperazine rings is 1. The molecule has 1 aliphatic heterocycles. The molecule has 0 bridgehead atoms. The smallest absolute Gasteiger partial charge is 0.230 e. The highest BCUT2D eigenvalue weighted by Gasteiger charge is 2.22.